The zero-order chi connectivity index (χ0) is 18.4. The zero-order valence-electron chi connectivity index (χ0n) is 13.8. The summed E-state index contributed by atoms with van der Waals surface area (Å²) in [6.07, 6.45) is 3.70. The lowest BCUT2D eigenvalue weighted by Crippen LogP contribution is -2.41. The van der Waals surface area contributed by atoms with Crippen molar-refractivity contribution in [2.24, 2.45) is 0 Å². The summed E-state index contributed by atoms with van der Waals surface area (Å²) in [6, 6.07) is 9.08. The second-order valence-corrected chi connectivity index (χ2v) is 6.36. The van der Waals surface area contributed by atoms with E-state index in [2.05, 4.69) is 20.9 Å². The second-order valence-electron chi connectivity index (χ2n) is 5.41. The Bertz CT molecular complexity index is 887. The third-order valence-corrected chi connectivity index (χ3v) is 4.35. The van der Waals surface area contributed by atoms with Gasteiger partial charge in [0.05, 0.1) is 30.2 Å². The fourth-order valence-electron chi connectivity index (χ4n) is 2.22. The van der Waals surface area contributed by atoms with Crippen LogP contribution >= 0.6 is 11.3 Å². The molecule has 0 radical (unpaired) electrons. The predicted octanol–water partition coefficient (Wildman–Crippen LogP) is 0.558. The number of carbonyl (C=O) groups is 3. The van der Waals surface area contributed by atoms with E-state index in [0.29, 0.717) is 4.88 Å². The molecule has 3 N–H and O–H groups in total. The number of nitrogens with zero attached hydrogens (tertiary/aromatic N) is 2. The molecule has 26 heavy (non-hydrogen) atoms. The normalized spacial score (nSPS) is 10.5. The van der Waals surface area contributed by atoms with Crippen molar-refractivity contribution in [1.82, 2.24) is 25.3 Å². The number of fused-ring (bicyclic) bond motifs is 1. The predicted molar refractivity (Wildman–Crippen MR) is 96.7 cm³/mol. The van der Waals surface area contributed by atoms with Crippen LogP contribution in [0.25, 0.3) is 5.65 Å². The Balaban J connectivity index is 1.36. The van der Waals surface area contributed by atoms with Gasteiger partial charge in [0, 0.05) is 12.4 Å². The summed E-state index contributed by atoms with van der Waals surface area (Å²) in [7, 11) is 0. The lowest BCUT2D eigenvalue weighted by molar-refractivity contribution is -0.125. The monoisotopic (exact) mass is 371 g/mol. The summed E-state index contributed by atoms with van der Waals surface area (Å²) in [5.41, 5.74) is 1.52. The molecule has 0 atom stereocenters. The van der Waals surface area contributed by atoms with Crippen LogP contribution in [0.5, 0.6) is 0 Å². The molecule has 3 rings (SSSR count). The van der Waals surface area contributed by atoms with Crippen molar-refractivity contribution >= 4 is 34.7 Å². The van der Waals surface area contributed by atoms with E-state index in [1.807, 2.05) is 35.0 Å². The third-order valence-electron chi connectivity index (χ3n) is 3.48. The van der Waals surface area contributed by atoms with Crippen LogP contribution in [0.1, 0.15) is 15.4 Å². The maximum absolute atomic E-state index is 11.8. The fourth-order valence-corrected chi connectivity index (χ4v) is 2.86. The number of hydrogen-bond acceptors (Lipinski definition) is 5. The van der Waals surface area contributed by atoms with Crippen LogP contribution in [0.2, 0.25) is 0 Å². The van der Waals surface area contributed by atoms with Crippen LogP contribution in [0.15, 0.2) is 48.1 Å². The lowest BCUT2D eigenvalue weighted by Gasteiger charge is -2.06. The van der Waals surface area contributed by atoms with Gasteiger partial charge in [-0.1, -0.05) is 12.1 Å². The van der Waals surface area contributed by atoms with Gasteiger partial charge in [-0.3, -0.25) is 14.4 Å². The molecule has 0 unspecified atom stereocenters. The van der Waals surface area contributed by atoms with E-state index in [1.165, 1.54) is 11.3 Å². The summed E-state index contributed by atoms with van der Waals surface area (Å²) in [4.78, 5) is 40.1. The topological polar surface area (TPSA) is 105 Å². The van der Waals surface area contributed by atoms with E-state index >= 15 is 0 Å². The van der Waals surface area contributed by atoms with Crippen molar-refractivity contribution in [2.75, 3.05) is 13.1 Å². The van der Waals surface area contributed by atoms with E-state index in [1.54, 1.807) is 17.5 Å². The summed E-state index contributed by atoms with van der Waals surface area (Å²) in [5.74, 6) is -1.08. The van der Waals surface area contributed by atoms with Crippen molar-refractivity contribution in [3.8, 4) is 0 Å². The molecule has 0 spiro atoms. The highest BCUT2D eigenvalue weighted by atomic mass is 32.1. The van der Waals surface area contributed by atoms with Crippen LogP contribution in [-0.2, 0) is 16.1 Å². The van der Waals surface area contributed by atoms with Gasteiger partial charge < -0.3 is 20.4 Å². The smallest absolute Gasteiger partial charge is 0.261 e. The van der Waals surface area contributed by atoms with Gasteiger partial charge in [0.1, 0.15) is 5.65 Å². The molecule has 3 amide bonds. The number of nitrogens with one attached hydrogen (secondary N) is 3. The van der Waals surface area contributed by atoms with Gasteiger partial charge in [0.15, 0.2) is 0 Å². The molecule has 0 aliphatic carbocycles. The minimum atomic E-state index is -0.433. The van der Waals surface area contributed by atoms with Crippen molar-refractivity contribution in [1.29, 1.82) is 0 Å². The van der Waals surface area contributed by atoms with E-state index < -0.39 is 5.91 Å². The van der Waals surface area contributed by atoms with Gasteiger partial charge in [-0.05, 0) is 23.6 Å². The standard InChI is InChI=1S/C17H17N5O3S/c23-15(18-8-12-11-22-6-2-1-5-14(22)21-12)9-19-16(24)10-20-17(25)13-4-3-7-26-13/h1-7,11H,8-10H2,(H,18,23)(H,19,24)(H,20,25). The van der Waals surface area contributed by atoms with Crippen molar-refractivity contribution in [3.63, 3.8) is 0 Å². The highest BCUT2D eigenvalue weighted by Gasteiger charge is 2.10. The first kappa shape index (κ1) is 17.6. The molecule has 0 bridgehead atoms. The fraction of sp³-hybridized carbons (Fsp3) is 0.176. The Morgan fingerprint density at radius 3 is 2.58 bits per heavy atom. The van der Waals surface area contributed by atoms with E-state index in [0.717, 1.165) is 11.3 Å². The van der Waals surface area contributed by atoms with Gasteiger partial charge in [-0.15, -0.1) is 11.3 Å². The highest BCUT2D eigenvalue weighted by Crippen LogP contribution is 2.07. The first-order valence-corrected chi connectivity index (χ1v) is 8.77. The Kier molecular flexibility index (Phi) is 5.59. The molecule has 8 nitrogen and oxygen atoms in total. The van der Waals surface area contributed by atoms with E-state index in [9.17, 15) is 14.4 Å². The molecule has 0 saturated heterocycles. The van der Waals surface area contributed by atoms with Crippen molar-refractivity contribution in [3.05, 3.63) is 58.7 Å². The molecule has 3 heterocycles. The minimum absolute atomic E-state index is 0.166. The number of imidazole rings is 1. The van der Waals surface area contributed by atoms with Crippen molar-refractivity contribution in [2.45, 2.75) is 6.54 Å². The second kappa shape index (κ2) is 8.26. The van der Waals surface area contributed by atoms with Crippen LogP contribution in [0, 0.1) is 0 Å². The molecule has 9 heteroatoms. The van der Waals surface area contributed by atoms with Gasteiger partial charge in [-0.2, -0.15) is 0 Å². The zero-order valence-corrected chi connectivity index (χ0v) is 14.6. The molecule has 0 aromatic carbocycles. The molecule has 0 aliphatic rings. The molecule has 0 saturated carbocycles. The molecule has 3 aromatic rings. The first-order valence-electron chi connectivity index (χ1n) is 7.89. The first-order chi connectivity index (χ1) is 12.6. The van der Waals surface area contributed by atoms with Gasteiger partial charge in [0.2, 0.25) is 11.8 Å². The number of hydrogen-bond donors (Lipinski definition) is 3. The maximum atomic E-state index is 11.8. The SMILES string of the molecule is O=C(CNC(=O)CNC(=O)c1cccs1)NCc1cn2ccccc2n1. The Labute approximate surface area is 153 Å². The summed E-state index contributed by atoms with van der Waals surface area (Å²) >= 11 is 1.29. The number of carbonyl (C=O) groups excluding carboxylic acids is 3. The Morgan fingerprint density at radius 1 is 1.00 bits per heavy atom. The highest BCUT2D eigenvalue weighted by molar-refractivity contribution is 7.12. The largest absolute Gasteiger partial charge is 0.349 e. The molecule has 134 valence electrons. The van der Waals surface area contributed by atoms with Crippen LogP contribution < -0.4 is 16.0 Å². The molecule has 0 aliphatic heterocycles. The number of pyridine rings is 1. The summed E-state index contributed by atoms with van der Waals surface area (Å²) in [6.45, 7) is -0.0803. The Hall–Kier alpha value is -3.20. The van der Waals surface area contributed by atoms with Crippen LogP contribution in [0.3, 0.4) is 0 Å². The summed E-state index contributed by atoms with van der Waals surface area (Å²) in [5, 5.41) is 9.42. The quantitative estimate of drug-likeness (QED) is 0.564. The van der Waals surface area contributed by atoms with Crippen LogP contribution in [-0.4, -0.2) is 40.2 Å². The van der Waals surface area contributed by atoms with Gasteiger partial charge in [0.25, 0.3) is 5.91 Å². The average Bonchev–Trinajstić information content (AvgIpc) is 3.31. The van der Waals surface area contributed by atoms with E-state index in [4.69, 9.17) is 0 Å². The third kappa shape index (κ3) is 4.67. The molecular formula is C17H17N5O3S. The number of aromatic nitrogens is 2. The molecule has 3 aromatic heterocycles. The van der Waals surface area contributed by atoms with E-state index in [-0.39, 0.29) is 31.4 Å². The molecular weight excluding hydrogens is 354 g/mol. The number of thiophene rings is 1. The van der Waals surface area contributed by atoms with Crippen LogP contribution in [0.4, 0.5) is 0 Å². The maximum Gasteiger partial charge on any atom is 0.261 e. The summed E-state index contributed by atoms with van der Waals surface area (Å²) < 4.78 is 1.86. The van der Waals surface area contributed by atoms with Gasteiger partial charge >= 0.3 is 0 Å². The molecule has 0 fully saturated rings. The Morgan fingerprint density at radius 2 is 1.81 bits per heavy atom. The number of amides is 3. The van der Waals surface area contributed by atoms with Gasteiger partial charge in [-0.25, -0.2) is 4.98 Å². The lowest BCUT2D eigenvalue weighted by atomic mass is 10.4. The minimum Gasteiger partial charge on any atom is -0.349 e. The number of rotatable bonds is 7. The van der Waals surface area contributed by atoms with Crippen molar-refractivity contribution < 1.29 is 14.4 Å². The average molecular weight is 371 g/mol.